The number of rotatable bonds is 2. The first-order valence-electron chi connectivity index (χ1n) is 5.46. The minimum absolute atomic E-state index is 0.0945. The number of hydrogen-bond acceptors (Lipinski definition) is 3. The van der Waals surface area contributed by atoms with E-state index < -0.39 is 17.7 Å². The van der Waals surface area contributed by atoms with Gasteiger partial charge in [0.25, 0.3) is 0 Å². The average molecular weight is 282 g/mol. The Balaban J connectivity index is 2.61. The van der Waals surface area contributed by atoms with Gasteiger partial charge in [-0.3, -0.25) is 4.98 Å². The number of pyridine rings is 1. The molecular formula is C13H9F3N2O2. The van der Waals surface area contributed by atoms with Gasteiger partial charge in [-0.2, -0.15) is 13.2 Å². The number of nitrogens with zero attached hydrogens (tertiary/aromatic N) is 1. The number of carboxylic acid groups (broad SMARTS) is 1. The van der Waals surface area contributed by atoms with Crippen LogP contribution in [-0.4, -0.2) is 16.1 Å². The normalized spacial score (nSPS) is 11.3. The van der Waals surface area contributed by atoms with Crippen molar-refractivity contribution in [3.8, 4) is 11.3 Å². The molecule has 2 rings (SSSR count). The highest BCUT2D eigenvalue weighted by atomic mass is 19.4. The number of nitrogen functional groups attached to an aromatic ring is 1. The summed E-state index contributed by atoms with van der Waals surface area (Å²) in [6.07, 6.45) is -3.57. The molecule has 2 aromatic rings. The third-order valence-electron chi connectivity index (χ3n) is 2.65. The summed E-state index contributed by atoms with van der Waals surface area (Å²) in [5, 5.41) is 8.78. The lowest BCUT2D eigenvalue weighted by molar-refractivity contribution is -0.137. The van der Waals surface area contributed by atoms with Gasteiger partial charge in [-0.05, 0) is 12.1 Å². The molecular weight excluding hydrogens is 273 g/mol. The molecule has 0 atom stereocenters. The molecule has 7 heteroatoms. The molecule has 104 valence electrons. The van der Waals surface area contributed by atoms with Crippen LogP contribution in [0.1, 0.15) is 15.9 Å². The Kier molecular flexibility index (Phi) is 3.35. The summed E-state index contributed by atoms with van der Waals surface area (Å²) < 4.78 is 38.7. The third kappa shape index (κ3) is 2.56. The Morgan fingerprint density at radius 2 is 1.90 bits per heavy atom. The molecule has 1 aromatic carbocycles. The van der Waals surface area contributed by atoms with Crippen LogP contribution in [0.3, 0.4) is 0 Å². The molecule has 0 radical (unpaired) electrons. The van der Waals surface area contributed by atoms with E-state index >= 15 is 0 Å². The van der Waals surface area contributed by atoms with E-state index in [4.69, 9.17) is 10.8 Å². The standard InChI is InChI=1S/C13H9F3N2O2/c14-13(15,16)9-4-2-1-3-8(9)11-10(17)5-7(6-18-11)12(19)20/h1-6H,17H2,(H,19,20). The summed E-state index contributed by atoms with van der Waals surface area (Å²) in [6, 6.07) is 5.92. The third-order valence-corrected chi connectivity index (χ3v) is 2.65. The molecule has 20 heavy (non-hydrogen) atoms. The number of carbonyl (C=O) groups is 1. The number of aromatic carboxylic acids is 1. The predicted molar refractivity (Wildman–Crippen MR) is 66.0 cm³/mol. The van der Waals surface area contributed by atoms with Gasteiger partial charge < -0.3 is 10.8 Å². The van der Waals surface area contributed by atoms with Gasteiger partial charge in [-0.25, -0.2) is 4.79 Å². The summed E-state index contributed by atoms with van der Waals surface area (Å²) in [4.78, 5) is 14.5. The van der Waals surface area contributed by atoms with E-state index in [1.807, 2.05) is 0 Å². The van der Waals surface area contributed by atoms with Crippen LogP contribution in [0.15, 0.2) is 36.5 Å². The van der Waals surface area contributed by atoms with E-state index in [0.29, 0.717) is 0 Å². The molecule has 0 amide bonds. The number of aromatic nitrogens is 1. The van der Waals surface area contributed by atoms with E-state index in [1.54, 1.807) is 0 Å². The van der Waals surface area contributed by atoms with Gasteiger partial charge in [-0.15, -0.1) is 0 Å². The number of alkyl halides is 3. The number of benzene rings is 1. The van der Waals surface area contributed by atoms with Crippen molar-refractivity contribution in [3.05, 3.63) is 47.7 Å². The summed E-state index contributed by atoms with van der Waals surface area (Å²) in [7, 11) is 0. The van der Waals surface area contributed by atoms with Crippen molar-refractivity contribution in [2.24, 2.45) is 0 Å². The second-order valence-electron chi connectivity index (χ2n) is 4.01. The average Bonchev–Trinajstić information content (AvgIpc) is 2.37. The van der Waals surface area contributed by atoms with Gasteiger partial charge in [0.15, 0.2) is 0 Å². The SMILES string of the molecule is Nc1cc(C(=O)O)cnc1-c1ccccc1C(F)(F)F. The maximum atomic E-state index is 12.9. The van der Waals surface area contributed by atoms with Crippen molar-refractivity contribution in [2.45, 2.75) is 6.18 Å². The lowest BCUT2D eigenvalue weighted by Crippen LogP contribution is -2.09. The van der Waals surface area contributed by atoms with Crippen LogP contribution in [0.2, 0.25) is 0 Å². The summed E-state index contributed by atoms with van der Waals surface area (Å²) in [5.41, 5.74) is 4.15. The first-order chi connectivity index (χ1) is 9.30. The summed E-state index contributed by atoms with van der Waals surface area (Å²) >= 11 is 0. The number of halogens is 3. The Hall–Kier alpha value is -2.57. The van der Waals surface area contributed by atoms with Crippen LogP contribution < -0.4 is 5.73 Å². The van der Waals surface area contributed by atoms with Crippen LogP contribution >= 0.6 is 0 Å². The molecule has 0 bridgehead atoms. The second kappa shape index (κ2) is 4.84. The van der Waals surface area contributed by atoms with Gasteiger partial charge in [-0.1, -0.05) is 18.2 Å². The van der Waals surface area contributed by atoms with Crippen molar-refractivity contribution >= 4 is 11.7 Å². The maximum absolute atomic E-state index is 12.9. The summed E-state index contributed by atoms with van der Waals surface area (Å²) in [6.45, 7) is 0. The largest absolute Gasteiger partial charge is 0.478 e. The maximum Gasteiger partial charge on any atom is 0.417 e. The van der Waals surface area contributed by atoms with Crippen LogP contribution in [0.25, 0.3) is 11.3 Å². The highest BCUT2D eigenvalue weighted by Gasteiger charge is 2.34. The van der Waals surface area contributed by atoms with Crippen molar-refractivity contribution in [3.63, 3.8) is 0 Å². The highest BCUT2D eigenvalue weighted by molar-refractivity contribution is 5.90. The molecule has 0 aliphatic rings. The molecule has 4 nitrogen and oxygen atoms in total. The van der Waals surface area contributed by atoms with Crippen molar-refractivity contribution < 1.29 is 23.1 Å². The topological polar surface area (TPSA) is 76.2 Å². The van der Waals surface area contributed by atoms with E-state index in [1.165, 1.54) is 18.2 Å². The van der Waals surface area contributed by atoms with Crippen molar-refractivity contribution in [1.82, 2.24) is 4.98 Å². The molecule has 0 aliphatic carbocycles. The number of anilines is 1. The molecule has 0 saturated heterocycles. The highest BCUT2D eigenvalue weighted by Crippen LogP contribution is 2.37. The predicted octanol–water partition coefficient (Wildman–Crippen LogP) is 3.05. The first-order valence-corrected chi connectivity index (χ1v) is 5.46. The molecule has 0 unspecified atom stereocenters. The smallest absolute Gasteiger partial charge is 0.417 e. The lowest BCUT2D eigenvalue weighted by atomic mass is 10.0. The Labute approximate surface area is 111 Å². The number of carboxylic acids is 1. The molecule has 0 aliphatic heterocycles. The van der Waals surface area contributed by atoms with Crippen LogP contribution in [-0.2, 0) is 6.18 Å². The van der Waals surface area contributed by atoms with E-state index in [-0.39, 0.29) is 22.5 Å². The number of nitrogens with two attached hydrogens (primary N) is 1. The lowest BCUT2D eigenvalue weighted by Gasteiger charge is -2.13. The van der Waals surface area contributed by atoms with Crippen LogP contribution in [0, 0.1) is 0 Å². The quantitative estimate of drug-likeness (QED) is 0.887. The van der Waals surface area contributed by atoms with Gasteiger partial charge in [0.2, 0.25) is 0 Å². The van der Waals surface area contributed by atoms with Gasteiger partial charge in [0.1, 0.15) is 0 Å². The van der Waals surface area contributed by atoms with E-state index in [2.05, 4.69) is 4.98 Å². The van der Waals surface area contributed by atoms with Gasteiger partial charge in [0, 0.05) is 11.8 Å². The van der Waals surface area contributed by atoms with Crippen LogP contribution in [0.5, 0.6) is 0 Å². The Bertz CT molecular complexity index is 669. The van der Waals surface area contributed by atoms with Crippen molar-refractivity contribution in [2.75, 3.05) is 5.73 Å². The Morgan fingerprint density at radius 1 is 1.25 bits per heavy atom. The fraction of sp³-hybridized carbons (Fsp3) is 0.0769. The molecule has 0 saturated carbocycles. The fourth-order valence-corrected chi connectivity index (χ4v) is 1.76. The molecule has 0 fully saturated rings. The number of hydrogen-bond donors (Lipinski definition) is 2. The van der Waals surface area contributed by atoms with Crippen molar-refractivity contribution in [1.29, 1.82) is 0 Å². The van der Waals surface area contributed by atoms with Crippen LogP contribution in [0.4, 0.5) is 18.9 Å². The zero-order valence-corrected chi connectivity index (χ0v) is 9.98. The summed E-state index contributed by atoms with van der Waals surface area (Å²) in [5.74, 6) is -1.25. The minimum atomic E-state index is -4.55. The second-order valence-corrected chi connectivity index (χ2v) is 4.01. The molecule has 0 spiro atoms. The first kappa shape index (κ1) is 13.9. The molecule has 3 N–H and O–H groups in total. The fourth-order valence-electron chi connectivity index (χ4n) is 1.76. The Morgan fingerprint density at radius 3 is 2.45 bits per heavy atom. The molecule has 1 heterocycles. The zero-order chi connectivity index (χ0) is 14.9. The van der Waals surface area contributed by atoms with Gasteiger partial charge in [0.05, 0.1) is 22.5 Å². The zero-order valence-electron chi connectivity index (χ0n) is 9.98. The minimum Gasteiger partial charge on any atom is -0.478 e. The van der Waals surface area contributed by atoms with Gasteiger partial charge >= 0.3 is 12.1 Å². The van der Waals surface area contributed by atoms with E-state index in [0.717, 1.165) is 18.3 Å². The molecule has 1 aromatic heterocycles. The monoisotopic (exact) mass is 282 g/mol. The van der Waals surface area contributed by atoms with E-state index in [9.17, 15) is 18.0 Å².